The summed E-state index contributed by atoms with van der Waals surface area (Å²) < 4.78 is 33.3. The number of methoxy groups -OCH3 is 2. The van der Waals surface area contributed by atoms with E-state index in [-0.39, 0.29) is 25.1 Å². The molecule has 0 aromatic heterocycles. The predicted octanol–water partition coefficient (Wildman–Crippen LogP) is -0.968. The highest BCUT2D eigenvalue weighted by Gasteiger charge is 2.13. The Hall–Kier alpha value is -1.15. The van der Waals surface area contributed by atoms with Crippen LogP contribution >= 0.6 is 0 Å². The fraction of sp³-hybridized carbons (Fsp3) is 0.750. The van der Waals surface area contributed by atoms with Gasteiger partial charge < -0.3 is 9.47 Å². The lowest BCUT2D eigenvalue weighted by molar-refractivity contribution is -0.141. The number of carbonyl (C=O) groups is 2. The molecule has 0 aliphatic heterocycles. The first kappa shape index (κ1) is 14.8. The van der Waals surface area contributed by atoms with Crippen LogP contribution < -0.4 is 4.72 Å². The third-order valence-corrected chi connectivity index (χ3v) is 3.07. The summed E-state index contributed by atoms with van der Waals surface area (Å²) in [6, 6.07) is 0. The molecular weight excluding hydrogens is 238 g/mol. The summed E-state index contributed by atoms with van der Waals surface area (Å²) in [6.07, 6.45) is -0.266. The van der Waals surface area contributed by atoms with E-state index < -0.39 is 22.0 Å². The molecule has 0 unspecified atom stereocenters. The van der Waals surface area contributed by atoms with Crippen molar-refractivity contribution in [3.8, 4) is 0 Å². The molecule has 0 spiro atoms. The van der Waals surface area contributed by atoms with Crippen LogP contribution in [0.15, 0.2) is 0 Å². The number of hydrogen-bond donors (Lipinski definition) is 1. The number of nitrogens with one attached hydrogen (secondary N) is 1. The maximum Gasteiger partial charge on any atom is 0.306 e. The van der Waals surface area contributed by atoms with Gasteiger partial charge in [-0.1, -0.05) is 0 Å². The van der Waals surface area contributed by atoms with E-state index in [1.165, 1.54) is 14.2 Å². The second kappa shape index (κ2) is 7.18. The molecule has 7 nitrogen and oxygen atoms in total. The van der Waals surface area contributed by atoms with E-state index in [4.69, 9.17) is 0 Å². The topological polar surface area (TPSA) is 98.8 Å². The highest BCUT2D eigenvalue weighted by molar-refractivity contribution is 7.89. The molecule has 0 aliphatic carbocycles. The summed E-state index contributed by atoms with van der Waals surface area (Å²) in [5, 5.41) is 0. The Bertz CT molecular complexity index is 336. The van der Waals surface area contributed by atoms with Crippen LogP contribution in [0.5, 0.6) is 0 Å². The minimum Gasteiger partial charge on any atom is -0.469 e. The van der Waals surface area contributed by atoms with Gasteiger partial charge in [-0.15, -0.1) is 0 Å². The largest absolute Gasteiger partial charge is 0.469 e. The van der Waals surface area contributed by atoms with E-state index in [2.05, 4.69) is 14.2 Å². The van der Waals surface area contributed by atoms with E-state index in [1.54, 1.807) is 0 Å². The summed E-state index contributed by atoms with van der Waals surface area (Å²) in [5.74, 6) is -1.46. The van der Waals surface area contributed by atoms with Crippen molar-refractivity contribution in [1.82, 2.24) is 4.72 Å². The van der Waals surface area contributed by atoms with Gasteiger partial charge in [0.25, 0.3) is 0 Å². The van der Waals surface area contributed by atoms with Crippen LogP contribution in [0, 0.1) is 0 Å². The fourth-order valence-electron chi connectivity index (χ4n) is 0.803. The minimum atomic E-state index is -3.55. The quantitative estimate of drug-likeness (QED) is 0.586. The zero-order valence-corrected chi connectivity index (χ0v) is 10.0. The van der Waals surface area contributed by atoms with Crippen LogP contribution in [-0.2, 0) is 29.1 Å². The average molecular weight is 253 g/mol. The first-order valence-electron chi connectivity index (χ1n) is 4.52. The number of hydrogen-bond acceptors (Lipinski definition) is 6. The summed E-state index contributed by atoms with van der Waals surface area (Å²) >= 11 is 0. The molecule has 0 aromatic rings. The number of sulfonamides is 1. The van der Waals surface area contributed by atoms with Crippen molar-refractivity contribution in [3.63, 3.8) is 0 Å². The molecule has 8 heteroatoms. The molecule has 0 heterocycles. The highest BCUT2D eigenvalue weighted by atomic mass is 32.2. The van der Waals surface area contributed by atoms with Gasteiger partial charge in [-0.3, -0.25) is 9.59 Å². The van der Waals surface area contributed by atoms with Crippen molar-refractivity contribution in [2.24, 2.45) is 0 Å². The highest BCUT2D eigenvalue weighted by Crippen LogP contribution is 1.92. The molecule has 0 rings (SSSR count). The smallest absolute Gasteiger partial charge is 0.306 e. The molecule has 0 amide bonds. The molecule has 16 heavy (non-hydrogen) atoms. The van der Waals surface area contributed by atoms with Crippen molar-refractivity contribution in [2.75, 3.05) is 26.5 Å². The molecule has 0 aliphatic rings. The molecule has 0 radical (unpaired) electrons. The monoisotopic (exact) mass is 253 g/mol. The molecule has 1 N–H and O–H groups in total. The molecule has 94 valence electrons. The maximum atomic E-state index is 11.2. The Morgan fingerprint density at radius 3 is 2.06 bits per heavy atom. The van der Waals surface area contributed by atoms with Gasteiger partial charge in [0.1, 0.15) is 0 Å². The Labute approximate surface area is 94.2 Å². The van der Waals surface area contributed by atoms with Gasteiger partial charge in [0.15, 0.2) is 0 Å². The molecule has 0 atom stereocenters. The van der Waals surface area contributed by atoms with E-state index in [0.29, 0.717) is 0 Å². The van der Waals surface area contributed by atoms with Crippen molar-refractivity contribution in [3.05, 3.63) is 0 Å². The summed E-state index contributed by atoms with van der Waals surface area (Å²) in [5.41, 5.74) is 0. The first-order valence-corrected chi connectivity index (χ1v) is 6.17. The zero-order chi connectivity index (χ0) is 12.6. The van der Waals surface area contributed by atoms with Gasteiger partial charge >= 0.3 is 11.9 Å². The standard InChI is InChI=1S/C8H15NO6S/c1-14-7(10)3-5-9-16(12,13)6-4-8(11)15-2/h9H,3-6H2,1-2H3. The molecule has 0 fully saturated rings. The number of ether oxygens (including phenoxy) is 2. The number of carbonyl (C=O) groups excluding carboxylic acids is 2. The molecule has 0 saturated carbocycles. The predicted molar refractivity (Wildman–Crippen MR) is 55.1 cm³/mol. The summed E-state index contributed by atoms with van der Waals surface area (Å²) in [4.78, 5) is 21.4. The zero-order valence-electron chi connectivity index (χ0n) is 9.19. The normalized spacial score (nSPS) is 10.9. The van der Waals surface area contributed by atoms with E-state index in [1.807, 2.05) is 0 Å². The Morgan fingerprint density at radius 2 is 1.56 bits per heavy atom. The van der Waals surface area contributed by atoms with Gasteiger partial charge in [0, 0.05) is 6.54 Å². The van der Waals surface area contributed by atoms with Crippen LogP contribution in [0.2, 0.25) is 0 Å². The van der Waals surface area contributed by atoms with E-state index in [9.17, 15) is 18.0 Å². The van der Waals surface area contributed by atoms with Crippen molar-refractivity contribution >= 4 is 22.0 Å². The van der Waals surface area contributed by atoms with Crippen molar-refractivity contribution in [2.45, 2.75) is 12.8 Å². The lowest BCUT2D eigenvalue weighted by Crippen LogP contribution is -2.29. The SMILES string of the molecule is COC(=O)CCNS(=O)(=O)CCC(=O)OC. The van der Waals surface area contributed by atoms with Crippen LogP contribution in [0.25, 0.3) is 0 Å². The van der Waals surface area contributed by atoms with Crippen molar-refractivity contribution < 1.29 is 27.5 Å². The van der Waals surface area contributed by atoms with Gasteiger partial charge in [-0.05, 0) is 0 Å². The maximum absolute atomic E-state index is 11.2. The van der Waals surface area contributed by atoms with Crippen LogP contribution in [-0.4, -0.2) is 46.9 Å². The van der Waals surface area contributed by atoms with E-state index >= 15 is 0 Å². The lowest BCUT2D eigenvalue weighted by Gasteiger charge is -2.05. The average Bonchev–Trinajstić information content (AvgIpc) is 2.25. The van der Waals surface area contributed by atoms with Crippen LogP contribution in [0.4, 0.5) is 0 Å². The summed E-state index contributed by atoms with van der Waals surface area (Å²) in [7, 11) is -1.15. The van der Waals surface area contributed by atoms with Gasteiger partial charge in [-0.2, -0.15) is 0 Å². The lowest BCUT2D eigenvalue weighted by atomic mass is 10.4. The molecule has 0 saturated heterocycles. The molecule has 0 bridgehead atoms. The van der Waals surface area contributed by atoms with Crippen molar-refractivity contribution in [1.29, 1.82) is 0 Å². The van der Waals surface area contributed by atoms with Gasteiger partial charge in [-0.25, -0.2) is 13.1 Å². The number of rotatable bonds is 7. The second-order valence-electron chi connectivity index (χ2n) is 2.87. The second-order valence-corrected chi connectivity index (χ2v) is 4.79. The van der Waals surface area contributed by atoms with E-state index in [0.717, 1.165) is 0 Å². The minimum absolute atomic E-state index is 0.0455. The third kappa shape index (κ3) is 7.18. The van der Waals surface area contributed by atoms with Gasteiger partial charge in [0.2, 0.25) is 10.0 Å². The Balaban J connectivity index is 3.88. The Morgan fingerprint density at radius 1 is 1.06 bits per heavy atom. The van der Waals surface area contributed by atoms with Crippen LogP contribution in [0.3, 0.4) is 0 Å². The molecular formula is C8H15NO6S. The number of esters is 2. The van der Waals surface area contributed by atoms with Gasteiger partial charge in [0.05, 0.1) is 32.8 Å². The summed E-state index contributed by atoms with van der Waals surface area (Å²) in [6.45, 7) is -0.0455. The third-order valence-electron chi connectivity index (χ3n) is 1.68. The van der Waals surface area contributed by atoms with Crippen LogP contribution in [0.1, 0.15) is 12.8 Å². The Kier molecular flexibility index (Phi) is 6.66. The molecule has 0 aromatic carbocycles. The first-order chi connectivity index (χ1) is 7.41. The fourth-order valence-corrected chi connectivity index (χ4v) is 1.80.